The predicted octanol–water partition coefficient (Wildman–Crippen LogP) is 3.62. The lowest BCUT2D eigenvalue weighted by molar-refractivity contribution is 0.222. The van der Waals surface area contributed by atoms with Crippen molar-refractivity contribution >= 4 is 0 Å². The Hall–Kier alpha value is -1.02. The van der Waals surface area contributed by atoms with E-state index in [-0.39, 0.29) is 0 Å². The third-order valence-electron chi connectivity index (χ3n) is 3.40. The first kappa shape index (κ1) is 14.0. The molecule has 17 heavy (non-hydrogen) atoms. The van der Waals surface area contributed by atoms with Gasteiger partial charge in [0, 0.05) is 0 Å². The van der Waals surface area contributed by atoms with Crippen LogP contribution in [0.15, 0.2) is 24.3 Å². The number of rotatable bonds is 2. The minimum absolute atomic E-state index is 0.366. The largest absolute Gasteiger partial charge is 0.508 e. The minimum atomic E-state index is 0.366. The number of hydrogen-bond acceptors (Lipinski definition) is 2. The molecular formula is C15H25NO. The molecule has 1 N–H and O–H groups in total. The second-order valence-corrected chi connectivity index (χ2v) is 4.30. The molecule has 0 radical (unpaired) electrons. The van der Waals surface area contributed by atoms with Gasteiger partial charge in [-0.25, -0.2) is 0 Å². The fourth-order valence-corrected chi connectivity index (χ4v) is 2.33. The normalized spacial score (nSPS) is 17.4. The van der Waals surface area contributed by atoms with Crippen LogP contribution in [0.25, 0.3) is 0 Å². The van der Waals surface area contributed by atoms with Gasteiger partial charge in [0.1, 0.15) is 5.75 Å². The Bertz CT molecular complexity index is 299. The van der Waals surface area contributed by atoms with Gasteiger partial charge in [-0.15, -0.1) is 0 Å². The summed E-state index contributed by atoms with van der Waals surface area (Å²) >= 11 is 0. The van der Waals surface area contributed by atoms with E-state index in [1.807, 2.05) is 13.8 Å². The van der Waals surface area contributed by atoms with Crippen molar-refractivity contribution in [1.82, 2.24) is 4.90 Å². The maximum atomic E-state index is 9.23. The summed E-state index contributed by atoms with van der Waals surface area (Å²) in [7, 11) is 0. The summed E-state index contributed by atoms with van der Waals surface area (Å²) in [5.41, 5.74) is 1.38. The van der Waals surface area contributed by atoms with Crippen molar-refractivity contribution in [1.29, 1.82) is 0 Å². The van der Waals surface area contributed by atoms with Crippen LogP contribution in [-0.4, -0.2) is 29.6 Å². The highest BCUT2D eigenvalue weighted by molar-refractivity contribution is 5.28. The predicted molar refractivity (Wildman–Crippen MR) is 73.5 cm³/mol. The lowest BCUT2D eigenvalue weighted by Gasteiger charge is -2.31. The molecule has 0 amide bonds. The molecule has 0 aliphatic carbocycles. The molecular weight excluding hydrogens is 210 g/mol. The van der Waals surface area contributed by atoms with Crippen molar-refractivity contribution in [2.45, 2.75) is 39.5 Å². The first-order valence-electron chi connectivity index (χ1n) is 6.81. The molecule has 1 saturated heterocycles. The highest BCUT2D eigenvalue weighted by atomic mass is 16.3. The number of nitrogens with zero attached hydrogens (tertiary/aromatic N) is 1. The Morgan fingerprint density at radius 3 is 2.12 bits per heavy atom. The Morgan fingerprint density at radius 2 is 1.65 bits per heavy atom. The van der Waals surface area contributed by atoms with E-state index in [1.165, 1.54) is 38.0 Å². The Balaban J connectivity index is 0.000000686. The summed E-state index contributed by atoms with van der Waals surface area (Å²) in [6.07, 6.45) is 2.50. The molecule has 0 spiro atoms. The average Bonchev–Trinajstić information content (AvgIpc) is 2.42. The zero-order chi connectivity index (χ0) is 12.7. The van der Waals surface area contributed by atoms with Gasteiger partial charge in [-0.2, -0.15) is 0 Å². The standard InChI is InChI=1S/C13H19NO.C2H6/c1-2-14-9-7-12(8-10-14)11-3-5-13(15)6-4-11;1-2/h3-6,12,15H,2,7-10H2,1H3;1-2H3. The number of aromatic hydroxyl groups is 1. The second-order valence-electron chi connectivity index (χ2n) is 4.30. The number of hydrogen-bond donors (Lipinski definition) is 1. The summed E-state index contributed by atoms with van der Waals surface area (Å²) in [5.74, 6) is 1.05. The zero-order valence-electron chi connectivity index (χ0n) is 11.3. The molecule has 1 aliphatic rings. The SMILES string of the molecule is CC.CCN1CCC(c2ccc(O)cc2)CC1. The number of phenols is 1. The van der Waals surface area contributed by atoms with Gasteiger partial charge in [-0.05, 0) is 56.1 Å². The lowest BCUT2D eigenvalue weighted by Crippen LogP contribution is -2.32. The molecule has 0 bridgehead atoms. The molecule has 2 rings (SSSR count). The van der Waals surface area contributed by atoms with Crippen LogP contribution in [0.3, 0.4) is 0 Å². The molecule has 96 valence electrons. The summed E-state index contributed by atoms with van der Waals surface area (Å²) in [4.78, 5) is 2.50. The molecule has 1 aliphatic heterocycles. The topological polar surface area (TPSA) is 23.5 Å². The first-order chi connectivity index (χ1) is 8.29. The molecule has 1 aromatic rings. The summed E-state index contributed by atoms with van der Waals surface area (Å²) in [6.45, 7) is 9.81. The number of phenolic OH excluding ortho intramolecular Hbond substituents is 1. The monoisotopic (exact) mass is 235 g/mol. The fraction of sp³-hybridized carbons (Fsp3) is 0.600. The van der Waals surface area contributed by atoms with Gasteiger partial charge < -0.3 is 10.0 Å². The molecule has 1 heterocycles. The van der Waals surface area contributed by atoms with E-state index in [2.05, 4.69) is 24.0 Å². The van der Waals surface area contributed by atoms with Crippen LogP contribution in [0.4, 0.5) is 0 Å². The summed E-state index contributed by atoms with van der Waals surface area (Å²) in [5, 5.41) is 9.23. The van der Waals surface area contributed by atoms with Crippen LogP contribution in [0.5, 0.6) is 5.75 Å². The van der Waals surface area contributed by atoms with Gasteiger partial charge in [-0.3, -0.25) is 0 Å². The second kappa shape index (κ2) is 7.33. The van der Waals surface area contributed by atoms with Gasteiger partial charge in [-0.1, -0.05) is 32.9 Å². The first-order valence-corrected chi connectivity index (χ1v) is 6.81. The third-order valence-corrected chi connectivity index (χ3v) is 3.40. The van der Waals surface area contributed by atoms with Crippen LogP contribution >= 0.6 is 0 Å². The Labute approximate surface area is 105 Å². The highest BCUT2D eigenvalue weighted by Gasteiger charge is 2.19. The number of piperidine rings is 1. The zero-order valence-corrected chi connectivity index (χ0v) is 11.3. The highest BCUT2D eigenvalue weighted by Crippen LogP contribution is 2.28. The van der Waals surface area contributed by atoms with Gasteiger partial charge in [0.15, 0.2) is 0 Å². The minimum Gasteiger partial charge on any atom is -0.508 e. The molecule has 1 aromatic carbocycles. The van der Waals surface area contributed by atoms with Crippen molar-refractivity contribution in [3.8, 4) is 5.75 Å². The van der Waals surface area contributed by atoms with E-state index in [1.54, 1.807) is 12.1 Å². The molecule has 1 fully saturated rings. The van der Waals surface area contributed by atoms with Crippen molar-refractivity contribution < 1.29 is 5.11 Å². The number of likely N-dealkylation sites (tertiary alicyclic amines) is 1. The molecule has 0 unspecified atom stereocenters. The third kappa shape index (κ3) is 4.04. The van der Waals surface area contributed by atoms with E-state index in [9.17, 15) is 5.11 Å². The smallest absolute Gasteiger partial charge is 0.115 e. The van der Waals surface area contributed by atoms with Crippen LogP contribution in [0, 0.1) is 0 Å². The van der Waals surface area contributed by atoms with E-state index >= 15 is 0 Å². The molecule has 0 aromatic heterocycles. The van der Waals surface area contributed by atoms with Crippen molar-refractivity contribution in [2.75, 3.05) is 19.6 Å². The fourth-order valence-electron chi connectivity index (χ4n) is 2.33. The van der Waals surface area contributed by atoms with Crippen molar-refractivity contribution in [3.05, 3.63) is 29.8 Å². The average molecular weight is 235 g/mol. The Kier molecular flexibility index (Phi) is 6.06. The summed E-state index contributed by atoms with van der Waals surface area (Å²) in [6, 6.07) is 7.70. The Morgan fingerprint density at radius 1 is 1.12 bits per heavy atom. The van der Waals surface area contributed by atoms with Crippen LogP contribution in [-0.2, 0) is 0 Å². The lowest BCUT2D eigenvalue weighted by atomic mass is 9.89. The van der Waals surface area contributed by atoms with Gasteiger partial charge in [0.25, 0.3) is 0 Å². The molecule has 0 atom stereocenters. The maximum Gasteiger partial charge on any atom is 0.115 e. The van der Waals surface area contributed by atoms with Crippen LogP contribution in [0.1, 0.15) is 45.1 Å². The van der Waals surface area contributed by atoms with Crippen molar-refractivity contribution in [3.63, 3.8) is 0 Å². The molecule has 0 saturated carbocycles. The van der Waals surface area contributed by atoms with Gasteiger partial charge >= 0.3 is 0 Å². The van der Waals surface area contributed by atoms with Crippen LogP contribution in [0.2, 0.25) is 0 Å². The van der Waals surface area contributed by atoms with Crippen molar-refractivity contribution in [2.24, 2.45) is 0 Å². The summed E-state index contributed by atoms with van der Waals surface area (Å²) < 4.78 is 0. The van der Waals surface area contributed by atoms with E-state index in [4.69, 9.17) is 0 Å². The van der Waals surface area contributed by atoms with E-state index in [0.29, 0.717) is 11.7 Å². The molecule has 2 nitrogen and oxygen atoms in total. The van der Waals surface area contributed by atoms with Gasteiger partial charge in [0.2, 0.25) is 0 Å². The molecule has 2 heteroatoms. The maximum absolute atomic E-state index is 9.23. The van der Waals surface area contributed by atoms with E-state index < -0.39 is 0 Å². The number of benzene rings is 1. The van der Waals surface area contributed by atoms with Gasteiger partial charge in [0.05, 0.1) is 0 Å². The quantitative estimate of drug-likeness (QED) is 0.846. The van der Waals surface area contributed by atoms with Crippen LogP contribution < -0.4 is 0 Å². The van der Waals surface area contributed by atoms with E-state index in [0.717, 1.165) is 0 Å².